The predicted octanol–water partition coefficient (Wildman–Crippen LogP) is 15.6. The number of hydrogen-bond donors (Lipinski definition) is 15. The summed E-state index contributed by atoms with van der Waals surface area (Å²) in [4.78, 5) is 151. The molecule has 5 heterocycles. The quantitative estimate of drug-likeness (QED) is 0.00198. The van der Waals surface area contributed by atoms with Gasteiger partial charge in [0.1, 0.15) is 50.5 Å². The van der Waals surface area contributed by atoms with Gasteiger partial charge in [-0.2, -0.15) is 19.9 Å². The lowest BCUT2D eigenvalue weighted by Crippen LogP contribution is -2.43. The summed E-state index contributed by atoms with van der Waals surface area (Å²) in [5.41, 5.74) is 22.1. The van der Waals surface area contributed by atoms with Gasteiger partial charge in [-0.3, -0.25) is 49.0 Å². The summed E-state index contributed by atoms with van der Waals surface area (Å²) in [6.07, 6.45) is 11.6. The molecule has 0 fully saturated rings. The minimum Gasteiger partial charge on any atom is -0.480 e. The number of carbonyl (C=O) groups excluding carboxylic acids is 7. The van der Waals surface area contributed by atoms with Crippen LogP contribution in [0, 0.1) is 36.5 Å². The standard InChI is InChI=1S/C20H25BrN6O5.C14H20BrClN4O3.C12H18BrClN4O2.C8H18N2O2.C7H10BrClN4.C7H12O4.C6H6N2O2.C4HBrCl2N2.C3H10N2.ClH/c1-4-32-18(29)20(2,3)17(28)23-10-6-9-22-16-15(21)12-24-19(26-16)25-13-7-5-8-14(11-13)27(30)31;1-4-23-12(22)14(2,3)11(21)18-7-5-6-17-10-9(15)8-19-13(16)20-10;1-12(2,3)20-11(19)16-6-4-5-15-9-8(13)7-17-10(14)18-9;1-8(2,3)12-7(11)10-6-4-5-9;8-5-4-12-7(9)13-6(5)11-3-1-2-10;1-4-11-6(10)7(2,3)5(8)9;7-5-2-1-3-6(4-5)8(9)10;5-2-1-8-4(7)9-3(2)6;4-2-1-3-5;/h5,7-8,11-12H,4,6,9-10H2,1-3H3,(H,23,28)(H2,22,24,25,26);8H,4-7H2,1-3H3,(H,18,21)(H,17,19,20);7H,4-6H2,1-3H3,(H,16,19)(H,15,17,18);4-6,9H2,1-3H3,(H,10,11);4H,1-3,10H2,(H,11,12,13);4H2,1-3H3,(H,8,9);1-4H,7H2;1H;1-5H2;1H. The number of nitrogens with zero attached hydrogens (tertiary/aromatic N) is 12. The van der Waals surface area contributed by atoms with E-state index in [9.17, 15) is 58.6 Å². The predicted molar refractivity (Wildman–Crippen MR) is 546 cm³/mol. The molecule has 0 saturated carbocycles. The van der Waals surface area contributed by atoms with Crippen molar-refractivity contribution in [1.82, 2.24) is 71.1 Å². The van der Waals surface area contributed by atoms with Crippen LogP contribution in [-0.4, -0.2) is 222 Å². The Labute approximate surface area is 863 Å². The molecule has 55 heteroatoms. The largest absolute Gasteiger partial charge is 0.480 e. The first kappa shape index (κ1) is 131. The van der Waals surface area contributed by atoms with E-state index in [2.05, 4.69) is 182 Å². The van der Waals surface area contributed by atoms with Crippen LogP contribution >= 0.6 is 150 Å². The number of carboxylic acids is 1. The topological polar surface area (TPSA) is 656 Å². The zero-order valence-corrected chi connectivity index (χ0v) is 90.2. The van der Waals surface area contributed by atoms with Gasteiger partial charge in [-0.15, -0.1) is 12.4 Å². The maximum absolute atomic E-state index is 12.2. The minimum atomic E-state index is -1.43. The van der Waals surface area contributed by atoms with Gasteiger partial charge < -0.3 is 105 Å². The highest BCUT2D eigenvalue weighted by Crippen LogP contribution is 2.28. The molecule has 0 bridgehead atoms. The maximum atomic E-state index is 12.2. The number of rotatable bonds is 37. The number of non-ortho nitro benzene ring substituents is 2. The van der Waals surface area contributed by atoms with Gasteiger partial charge in [0.15, 0.2) is 5.41 Å². The van der Waals surface area contributed by atoms with Gasteiger partial charge in [-0.05, 0) is 307 Å². The van der Waals surface area contributed by atoms with Crippen LogP contribution in [0.15, 0.2) is 102 Å². The first-order chi connectivity index (χ1) is 63.1. The third-order valence-electron chi connectivity index (χ3n) is 15.3. The lowest BCUT2D eigenvalue weighted by atomic mass is 9.92. The Morgan fingerprint density at radius 2 is 0.728 bits per heavy atom. The van der Waals surface area contributed by atoms with Crippen LogP contribution in [0.1, 0.15) is 142 Å². The first-order valence-corrected chi connectivity index (χ1v) is 46.9. The van der Waals surface area contributed by atoms with Gasteiger partial charge in [0.25, 0.3) is 11.4 Å². The van der Waals surface area contributed by atoms with E-state index >= 15 is 0 Å². The number of benzene rings is 2. The van der Waals surface area contributed by atoms with Crippen molar-refractivity contribution in [2.24, 2.45) is 39.2 Å². The summed E-state index contributed by atoms with van der Waals surface area (Å²) < 4.78 is 28.0. The monoisotopic (exact) mass is 2350 g/mol. The zero-order valence-electron chi connectivity index (χ0n) is 77.7. The van der Waals surface area contributed by atoms with Crippen molar-refractivity contribution in [3.8, 4) is 0 Å². The van der Waals surface area contributed by atoms with E-state index in [1.54, 1.807) is 83.7 Å². The van der Waals surface area contributed by atoms with E-state index in [0.29, 0.717) is 125 Å². The fraction of sp³-hybridized carbons (Fsp3) is 0.506. The average molecular weight is 2360 g/mol. The van der Waals surface area contributed by atoms with Crippen LogP contribution < -0.4 is 76.5 Å². The Hall–Kier alpha value is -9.22. The maximum Gasteiger partial charge on any atom is 0.407 e. The third-order valence-corrected chi connectivity index (χ3v) is 19.4. The number of carboxylic acid groups (broad SMARTS) is 1. The Kier molecular flexibility index (Phi) is 68.6. The number of aromatic nitrogens is 10. The molecule has 0 saturated heterocycles. The van der Waals surface area contributed by atoms with Crippen molar-refractivity contribution >= 4 is 250 Å². The highest BCUT2D eigenvalue weighted by atomic mass is 79.9. The number of ether oxygens (including phenoxy) is 5. The van der Waals surface area contributed by atoms with Crippen LogP contribution in [0.2, 0.25) is 26.3 Å². The molecule has 0 atom stereocenters. The Morgan fingerprint density at radius 1 is 0.419 bits per heavy atom. The smallest absolute Gasteiger partial charge is 0.407 e. The molecule has 20 N–H and O–H groups in total. The van der Waals surface area contributed by atoms with Gasteiger partial charge in [-0.25, -0.2) is 39.5 Å². The first-order valence-electron chi connectivity index (χ1n) is 41.1. The molecule has 0 radical (unpaired) electrons. The number of aliphatic carboxylic acids is 1. The van der Waals surface area contributed by atoms with Crippen LogP contribution in [0.3, 0.4) is 0 Å². The van der Waals surface area contributed by atoms with Crippen molar-refractivity contribution in [1.29, 1.82) is 0 Å². The van der Waals surface area contributed by atoms with Gasteiger partial charge in [0.2, 0.25) is 38.9 Å². The number of nitro benzene ring substituents is 2. The number of carbonyl (C=O) groups is 8. The molecule has 0 aliphatic rings. The normalized spacial score (nSPS) is 10.5. The number of nitro groups is 2. The molecular formula is C81H121Br5Cl6N26O18. The Balaban J connectivity index is -0.00000153. The van der Waals surface area contributed by atoms with Crippen LogP contribution in [0.4, 0.5) is 61.6 Å². The Bertz CT molecular complexity index is 4820. The van der Waals surface area contributed by atoms with Crippen LogP contribution in [0.5, 0.6) is 0 Å². The van der Waals surface area contributed by atoms with Gasteiger partial charge in [0.05, 0.1) is 52.0 Å². The van der Waals surface area contributed by atoms with Gasteiger partial charge in [-0.1, -0.05) is 23.7 Å². The molecule has 0 aliphatic carbocycles. The second kappa shape index (κ2) is 71.3. The highest BCUT2D eigenvalue weighted by molar-refractivity contribution is 9.11. The van der Waals surface area contributed by atoms with Crippen molar-refractivity contribution in [2.45, 2.75) is 154 Å². The minimum absolute atomic E-state index is 0. The number of nitrogen functional groups attached to an aromatic ring is 1. The van der Waals surface area contributed by atoms with Crippen molar-refractivity contribution in [3.63, 3.8) is 0 Å². The van der Waals surface area contributed by atoms with E-state index < -0.39 is 73.2 Å². The molecule has 44 nitrogen and oxygen atoms in total. The lowest BCUT2D eigenvalue weighted by molar-refractivity contribution is -0.385. The fourth-order valence-electron chi connectivity index (χ4n) is 8.23. The van der Waals surface area contributed by atoms with E-state index in [0.717, 1.165) is 54.3 Å². The average Bonchev–Trinajstić information content (AvgIpc) is 0.848. The van der Waals surface area contributed by atoms with E-state index in [-0.39, 0.29) is 82.7 Å². The van der Waals surface area contributed by atoms with E-state index in [1.807, 2.05) is 41.5 Å². The molecular weight excluding hydrogens is 2240 g/mol. The number of amides is 4. The highest BCUT2D eigenvalue weighted by Gasteiger charge is 2.39. The summed E-state index contributed by atoms with van der Waals surface area (Å²) >= 11 is 44.4. The van der Waals surface area contributed by atoms with E-state index in [4.69, 9.17) is 111 Å². The van der Waals surface area contributed by atoms with Gasteiger partial charge in [0, 0.05) is 119 Å². The summed E-state index contributed by atoms with van der Waals surface area (Å²) in [6.45, 7) is 32.4. The number of esters is 3. The second-order valence-corrected chi connectivity index (χ2v) is 36.1. The number of nitrogens with two attached hydrogens (primary N) is 5. The molecule has 7 aromatic rings. The number of nitrogens with one attached hydrogen (secondary N) is 9. The van der Waals surface area contributed by atoms with Gasteiger partial charge >= 0.3 is 36.1 Å². The second-order valence-electron chi connectivity index (χ2n) is 30.2. The summed E-state index contributed by atoms with van der Waals surface area (Å²) in [5.74, 6) is -1.03. The SMILES string of the molecule is CC(C)(C)OC(=O)NCCCN.CC(C)(C)OC(=O)NCCCNc1nc(Cl)ncc1Br.CCOC(=O)C(C)(C)C(=O)NCCCNc1nc(Cl)ncc1Br.CCOC(=O)C(C)(C)C(=O)NCCCNc1nc(Nc2cccc([N+](=O)[O-])c2)ncc1Br.CCOC(=O)C(C)(C)C(=O)O.Cl.Clc1ncc(Br)c(Cl)n1.NCCCN.NCCCNc1nc(Cl)ncc1Br.Nc1cccc([N+](=O)[O-])c1. The fourth-order valence-corrected chi connectivity index (χ4v) is 10.4. The molecule has 760 valence electrons. The van der Waals surface area contributed by atoms with Crippen molar-refractivity contribution in [3.05, 3.63) is 148 Å². The third kappa shape index (κ3) is 59.8. The number of halogens is 11. The molecule has 0 unspecified atom stereocenters. The number of alkyl carbamates (subject to hydrolysis) is 2. The molecule has 5 aromatic heterocycles. The van der Waals surface area contributed by atoms with Crippen molar-refractivity contribution in [2.75, 3.05) is 131 Å². The van der Waals surface area contributed by atoms with E-state index in [1.165, 1.54) is 58.2 Å². The molecule has 136 heavy (non-hydrogen) atoms. The summed E-state index contributed by atoms with van der Waals surface area (Å²) in [7, 11) is 0. The molecule has 2 aromatic carbocycles. The number of hydrogen-bond acceptors (Lipinski definition) is 37. The molecule has 0 spiro atoms. The molecule has 7 rings (SSSR count). The summed E-state index contributed by atoms with van der Waals surface area (Å²) in [5, 5.41) is 56.7. The van der Waals surface area contributed by atoms with Crippen LogP contribution in [-0.2, 0) is 52.5 Å². The Morgan fingerprint density at radius 3 is 1.04 bits per heavy atom. The van der Waals surface area contributed by atoms with Crippen molar-refractivity contribution < 1.29 is 77.0 Å². The molecule has 4 amide bonds. The molecule has 0 aliphatic heterocycles. The van der Waals surface area contributed by atoms with Crippen LogP contribution in [0.25, 0.3) is 0 Å². The lowest BCUT2D eigenvalue weighted by Gasteiger charge is -2.21. The summed E-state index contributed by atoms with van der Waals surface area (Å²) in [6, 6.07) is 11.9. The number of anilines is 7. The zero-order chi connectivity index (χ0) is 103.